The summed E-state index contributed by atoms with van der Waals surface area (Å²) in [5.74, 6) is 0. The molecular weight excluding hydrogens is 184 g/mol. The zero-order valence-corrected chi connectivity index (χ0v) is 8.03. The minimum absolute atomic E-state index is 0.113. The smallest absolute Gasteiger partial charge is 0.186 e. The predicted octanol–water partition coefficient (Wildman–Crippen LogP) is 2.02. The third kappa shape index (κ3) is 1.60. The van der Waals surface area contributed by atoms with Crippen LogP contribution in [-0.4, -0.2) is 11.8 Å². The molecule has 0 fully saturated rings. The molecule has 1 aromatic rings. The Bertz CT molecular complexity index is 300. The van der Waals surface area contributed by atoms with Crippen LogP contribution in [0.4, 0.5) is 5.69 Å². The molecule has 1 aliphatic rings. The Hall–Kier alpha value is -1.23. The first-order valence-electron chi connectivity index (χ1n) is 3.95. The molecule has 1 heterocycles. The van der Waals surface area contributed by atoms with Crippen LogP contribution in [-0.2, 0) is 0 Å². The van der Waals surface area contributed by atoms with Gasteiger partial charge in [0.15, 0.2) is 5.50 Å². The second kappa shape index (κ2) is 3.66. The zero-order chi connectivity index (χ0) is 9.10. The number of nitrogens with one attached hydrogen (secondary N) is 1. The molecule has 4 nitrogen and oxygen atoms in total. The molecule has 1 aromatic carbocycles. The number of anilines is 1. The molecule has 2 rings (SSSR count). The van der Waals surface area contributed by atoms with E-state index in [9.17, 15) is 0 Å². The van der Waals surface area contributed by atoms with Crippen molar-refractivity contribution in [3.8, 4) is 0 Å². The average molecular weight is 194 g/mol. The van der Waals surface area contributed by atoms with Gasteiger partial charge in [-0.15, -0.1) is 11.8 Å². The molecule has 0 bridgehead atoms. The zero-order valence-electron chi connectivity index (χ0n) is 7.21. The standard InChI is InChI=1S/C8H10N4S/c1-13-8-9-10-11-12(8)7-5-3-2-4-6-7/h2-6,8H,1H3,(H,9,11). The first-order valence-corrected chi connectivity index (χ1v) is 5.24. The van der Waals surface area contributed by atoms with Crippen LogP contribution in [0.15, 0.2) is 40.8 Å². The van der Waals surface area contributed by atoms with Crippen molar-refractivity contribution >= 4 is 17.4 Å². The van der Waals surface area contributed by atoms with Gasteiger partial charge < -0.3 is 0 Å². The molecule has 1 aliphatic heterocycles. The fourth-order valence-electron chi connectivity index (χ4n) is 1.15. The molecule has 0 aliphatic carbocycles. The Kier molecular flexibility index (Phi) is 2.35. The first kappa shape index (κ1) is 8.37. The Labute approximate surface area is 81.0 Å². The van der Waals surface area contributed by atoms with Gasteiger partial charge in [-0.1, -0.05) is 23.4 Å². The molecule has 0 saturated heterocycles. The fourth-order valence-corrected chi connectivity index (χ4v) is 1.66. The minimum Gasteiger partial charge on any atom is -0.256 e. The van der Waals surface area contributed by atoms with E-state index in [0.717, 1.165) is 5.69 Å². The maximum Gasteiger partial charge on any atom is 0.186 e. The SMILES string of the molecule is CSC1NN=NN1c1ccccc1. The largest absolute Gasteiger partial charge is 0.256 e. The molecular formula is C8H10N4S. The number of hydrogen-bond acceptors (Lipinski definition) is 5. The monoisotopic (exact) mass is 194 g/mol. The van der Waals surface area contributed by atoms with Gasteiger partial charge in [0, 0.05) is 0 Å². The molecule has 1 atom stereocenters. The second-order valence-electron chi connectivity index (χ2n) is 2.59. The molecule has 0 aromatic heterocycles. The van der Waals surface area contributed by atoms with Gasteiger partial charge in [-0.3, -0.25) is 5.43 Å². The van der Waals surface area contributed by atoms with Crippen LogP contribution in [0.2, 0.25) is 0 Å². The van der Waals surface area contributed by atoms with Gasteiger partial charge in [0.1, 0.15) is 0 Å². The number of rotatable bonds is 2. The quantitative estimate of drug-likeness (QED) is 0.783. The Morgan fingerprint density at radius 3 is 2.85 bits per heavy atom. The fraction of sp³-hybridized carbons (Fsp3) is 0.250. The summed E-state index contributed by atoms with van der Waals surface area (Å²) in [6.45, 7) is 0. The third-order valence-electron chi connectivity index (χ3n) is 1.78. The molecule has 13 heavy (non-hydrogen) atoms. The van der Waals surface area contributed by atoms with Crippen LogP contribution in [0.25, 0.3) is 0 Å². The van der Waals surface area contributed by atoms with Crippen molar-refractivity contribution in [2.24, 2.45) is 10.4 Å². The van der Waals surface area contributed by atoms with E-state index in [-0.39, 0.29) is 5.50 Å². The van der Waals surface area contributed by atoms with Gasteiger partial charge in [0.05, 0.1) is 5.69 Å². The van der Waals surface area contributed by atoms with Crippen LogP contribution < -0.4 is 10.4 Å². The van der Waals surface area contributed by atoms with E-state index in [4.69, 9.17) is 0 Å². The highest BCUT2D eigenvalue weighted by molar-refractivity contribution is 7.99. The summed E-state index contributed by atoms with van der Waals surface area (Å²) in [6, 6.07) is 9.98. The van der Waals surface area contributed by atoms with Crippen molar-refractivity contribution in [3.63, 3.8) is 0 Å². The van der Waals surface area contributed by atoms with Crippen molar-refractivity contribution in [1.29, 1.82) is 0 Å². The van der Waals surface area contributed by atoms with Crippen LogP contribution in [0.1, 0.15) is 0 Å². The summed E-state index contributed by atoms with van der Waals surface area (Å²) in [4.78, 5) is 0. The Morgan fingerprint density at radius 1 is 1.38 bits per heavy atom. The van der Waals surface area contributed by atoms with Crippen molar-refractivity contribution in [2.45, 2.75) is 5.50 Å². The van der Waals surface area contributed by atoms with Gasteiger partial charge in [-0.25, -0.2) is 5.01 Å². The number of thioether (sulfide) groups is 1. The van der Waals surface area contributed by atoms with Gasteiger partial charge in [-0.2, -0.15) is 0 Å². The summed E-state index contributed by atoms with van der Waals surface area (Å²) >= 11 is 1.66. The van der Waals surface area contributed by atoms with E-state index in [1.54, 1.807) is 11.8 Å². The summed E-state index contributed by atoms with van der Waals surface area (Å²) in [6.07, 6.45) is 2.02. The van der Waals surface area contributed by atoms with Crippen molar-refractivity contribution in [1.82, 2.24) is 5.43 Å². The molecule has 0 spiro atoms. The molecule has 0 saturated carbocycles. The van der Waals surface area contributed by atoms with E-state index < -0.39 is 0 Å². The predicted molar refractivity (Wildman–Crippen MR) is 54.2 cm³/mol. The lowest BCUT2D eigenvalue weighted by Crippen LogP contribution is -2.31. The van der Waals surface area contributed by atoms with Crippen LogP contribution in [0.3, 0.4) is 0 Å². The molecule has 0 amide bonds. The Morgan fingerprint density at radius 2 is 2.15 bits per heavy atom. The van der Waals surface area contributed by atoms with Gasteiger partial charge in [-0.05, 0) is 23.6 Å². The topological polar surface area (TPSA) is 40.0 Å². The number of hydrogen-bond donors (Lipinski definition) is 1. The van der Waals surface area contributed by atoms with Gasteiger partial charge in [0.2, 0.25) is 0 Å². The van der Waals surface area contributed by atoms with E-state index >= 15 is 0 Å². The average Bonchev–Trinajstić information content (AvgIpc) is 2.67. The number of para-hydroxylation sites is 1. The first-order chi connectivity index (χ1) is 6.42. The number of nitrogens with zero attached hydrogens (tertiary/aromatic N) is 3. The maximum atomic E-state index is 3.98. The highest BCUT2D eigenvalue weighted by atomic mass is 32.2. The van der Waals surface area contributed by atoms with E-state index in [2.05, 4.69) is 15.9 Å². The normalized spacial score (nSPS) is 20.4. The van der Waals surface area contributed by atoms with Crippen LogP contribution in [0.5, 0.6) is 0 Å². The van der Waals surface area contributed by atoms with E-state index in [1.165, 1.54) is 0 Å². The lowest BCUT2D eigenvalue weighted by atomic mass is 10.3. The number of benzene rings is 1. The second-order valence-corrected chi connectivity index (χ2v) is 3.50. The van der Waals surface area contributed by atoms with E-state index in [0.29, 0.717) is 0 Å². The highest BCUT2D eigenvalue weighted by Gasteiger charge is 2.21. The van der Waals surface area contributed by atoms with Gasteiger partial charge >= 0.3 is 0 Å². The maximum absolute atomic E-state index is 3.98. The summed E-state index contributed by atoms with van der Waals surface area (Å²) < 4.78 is 0. The third-order valence-corrected chi connectivity index (χ3v) is 2.53. The summed E-state index contributed by atoms with van der Waals surface area (Å²) in [5.41, 5.74) is 4.07. The molecule has 1 N–H and O–H groups in total. The van der Waals surface area contributed by atoms with Crippen molar-refractivity contribution in [2.75, 3.05) is 11.3 Å². The van der Waals surface area contributed by atoms with Crippen molar-refractivity contribution < 1.29 is 0 Å². The molecule has 5 heteroatoms. The minimum atomic E-state index is 0.113. The molecule has 0 radical (unpaired) electrons. The highest BCUT2D eigenvalue weighted by Crippen LogP contribution is 2.23. The van der Waals surface area contributed by atoms with Gasteiger partial charge in [0.25, 0.3) is 0 Å². The molecule has 68 valence electrons. The van der Waals surface area contributed by atoms with E-state index in [1.807, 2.05) is 41.6 Å². The van der Waals surface area contributed by atoms with Crippen molar-refractivity contribution in [3.05, 3.63) is 30.3 Å². The van der Waals surface area contributed by atoms with Crippen LogP contribution in [0, 0.1) is 0 Å². The van der Waals surface area contributed by atoms with Crippen LogP contribution >= 0.6 is 11.8 Å². The summed E-state index contributed by atoms with van der Waals surface area (Å²) in [7, 11) is 0. The lowest BCUT2D eigenvalue weighted by molar-refractivity contribution is 0.756. The Balaban J connectivity index is 2.21. The molecule has 1 unspecified atom stereocenters. The summed E-state index contributed by atoms with van der Waals surface area (Å²) in [5, 5.41) is 9.61. The lowest BCUT2D eigenvalue weighted by Gasteiger charge is -2.18.